The summed E-state index contributed by atoms with van der Waals surface area (Å²) in [6.45, 7) is 8.09. The Morgan fingerprint density at radius 3 is 2.64 bits per heavy atom. The summed E-state index contributed by atoms with van der Waals surface area (Å²) >= 11 is 0. The molecule has 28 heavy (non-hydrogen) atoms. The molecule has 2 aromatic carbocycles. The Kier molecular flexibility index (Phi) is 6.12. The second-order valence-corrected chi connectivity index (χ2v) is 7.40. The zero-order valence-electron chi connectivity index (χ0n) is 17.0. The number of esters is 1. The number of phenols is 1. The second-order valence-electron chi connectivity index (χ2n) is 7.40. The third-order valence-electron chi connectivity index (χ3n) is 4.99. The molecule has 0 amide bonds. The normalized spacial score (nSPS) is 12.8. The quantitative estimate of drug-likeness (QED) is 0.677. The highest BCUT2D eigenvalue weighted by molar-refractivity contribution is 5.71. The zero-order valence-corrected chi connectivity index (χ0v) is 17.0. The number of hydrogen-bond donors (Lipinski definition) is 1. The molecular formula is C23H28O5. The monoisotopic (exact) mass is 384 g/mol. The van der Waals surface area contributed by atoms with Crippen molar-refractivity contribution in [2.75, 3.05) is 13.2 Å². The van der Waals surface area contributed by atoms with E-state index in [1.807, 2.05) is 32.9 Å². The number of hydrogen-bond acceptors (Lipinski definition) is 5. The lowest BCUT2D eigenvalue weighted by molar-refractivity contribution is -0.145. The Balaban J connectivity index is 1.88. The summed E-state index contributed by atoms with van der Waals surface area (Å²) in [6, 6.07) is 7.29. The minimum absolute atomic E-state index is 0.0877. The van der Waals surface area contributed by atoms with Crippen LogP contribution in [0.4, 0.5) is 0 Å². The Morgan fingerprint density at radius 2 is 1.93 bits per heavy atom. The topological polar surface area (TPSA) is 65.0 Å². The molecule has 1 N–H and O–H groups in total. The first-order chi connectivity index (χ1) is 13.4. The highest BCUT2D eigenvalue weighted by Gasteiger charge is 2.24. The van der Waals surface area contributed by atoms with E-state index in [4.69, 9.17) is 14.2 Å². The summed E-state index contributed by atoms with van der Waals surface area (Å²) in [7, 11) is 0. The Bertz CT molecular complexity index is 870. The molecule has 0 spiro atoms. The van der Waals surface area contributed by atoms with Gasteiger partial charge in [-0.25, -0.2) is 4.79 Å². The van der Waals surface area contributed by atoms with Gasteiger partial charge in [0.15, 0.2) is 6.61 Å². The molecule has 0 aromatic heterocycles. The van der Waals surface area contributed by atoms with E-state index in [-0.39, 0.29) is 24.2 Å². The van der Waals surface area contributed by atoms with E-state index in [2.05, 4.69) is 0 Å². The van der Waals surface area contributed by atoms with Crippen LogP contribution in [0.25, 0.3) is 0 Å². The molecule has 0 fully saturated rings. The van der Waals surface area contributed by atoms with Crippen LogP contribution < -0.4 is 9.47 Å². The van der Waals surface area contributed by atoms with Gasteiger partial charge in [-0.05, 0) is 68.9 Å². The predicted octanol–water partition coefficient (Wildman–Crippen LogP) is 5.05. The fraction of sp³-hybridized carbons (Fsp3) is 0.435. The highest BCUT2D eigenvalue weighted by atomic mass is 16.6. The van der Waals surface area contributed by atoms with Crippen LogP contribution in [0.1, 0.15) is 55.4 Å². The van der Waals surface area contributed by atoms with Gasteiger partial charge in [0, 0.05) is 16.7 Å². The molecule has 0 atom stereocenters. The highest BCUT2D eigenvalue weighted by Crippen LogP contribution is 2.42. The molecule has 0 unspecified atom stereocenters. The molecule has 3 rings (SSSR count). The number of ether oxygens (including phenoxy) is 3. The lowest BCUT2D eigenvalue weighted by Crippen LogP contribution is -2.15. The average Bonchev–Trinajstić information content (AvgIpc) is 3.14. The van der Waals surface area contributed by atoms with Gasteiger partial charge in [-0.15, -0.1) is 0 Å². The van der Waals surface area contributed by atoms with E-state index in [1.54, 1.807) is 19.1 Å². The van der Waals surface area contributed by atoms with Crippen LogP contribution in [0.3, 0.4) is 0 Å². The second kappa shape index (κ2) is 8.55. The summed E-state index contributed by atoms with van der Waals surface area (Å²) in [5.41, 5.74) is 4.06. The van der Waals surface area contributed by atoms with Crippen molar-refractivity contribution in [2.24, 2.45) is 0 Å². The molecule has 1 aliphatic rings. The van der Waals surface area contributed by atoms with Crippen molar-refractivity contribution in [3.8, 4) is 23.0 Å². The Morgan fingerprint density at radius 1 is 1.18 bits per heavy atom. The van der Waals surface area contributed by atoms with Crippen LogP contribution in [0.15, 0.2) is 24.3 Å². The predicted molar refractivity (Wildman–Crippen MR) is 108 cm³/mol. The number of carbonyl (C=O) groups excluding carboxylic acids is 1. The van der Waals surface area contributed by atoms with Crippen molar-refractivity contribution < 1.29 is 24.1 Å². The van der Waals surface area contributed by atoms with Crippen LogP contribution in [0, 0.1) is 6.92 Å². The van der Waals surface area contributed by atoms with Gasteiger partial charge in [-0.2, -0.15) is 0 Å². The van der Waals surface area contributed by atoms with Crippen LogP contribution >= 0.6 is 0 Å². The number of fused-ring (bicyclic) bond motifs is 1. The van der Waals surface area contributed by atoms with E-state index in [9.17, 15) is 9.90 Å². The van der Waals surface area contributed by atoms with Crippen LogP contribution in [-0.2, 0) is 22.4 Å². The van der Waals surface area contributed by atoms with Crippen molar-refractivity contribution in [3.05, 3.63) is 46.5 Å². The molecule has 5 nitrogen and oxygen atoms in total. The minimum atomic E-state index is -0.363. The maximum Gasteiger partial charge on any atom is 0.344 e. The molecule has 0 saturated heterocycles. The van der Waals surface area contributed by atoms with Crippen LogP contribution in [0.2, 0.25) is 0 Å². The first-order valence-electron chi connectivity index (χ1n) is 9.85. The summed E-state index contributed by atoms with van der Waals surface area (Å²) in [4.78, 5) is 11.6. The number of benzene rings is 2. The van der Waals surface area contributed by atoms with Crippen molar-refractivity contribution in [2.45, 2.75) is 52.9 Å². The lowest BCUT2D eigenvalue weighted by atomic mass is 10.0. The Hall–Kier alpha value is -2.69. The molecule has 1 aliphatic carbocycles. The van der Waals surface area contributed by atoms with Gasteiger partial charge in [-0.1, -0.05) is 13.8 Å². The lowest BCUT2D eigenvalue weighted by Gasteiger charge is -2.18. The fourth-order valence-corrected chi connectivity index (χ4v) is 3.64. The Labute approximate surface area is 166 Å². The van der Waals surface area contributed by atoms with Crippen molar-refractivity contribution in [3.63, 3.8) is 0 Å². The molecular weight excluding hydrogens is 356 g/mol. The number of aromatic hydroxyl groups is 1. The fourth-order valence-electron chi connectivity index (χ4n) is 3.64. The maximum absolute atomic E-state index is 11.6. The van der Waals surface area contributed by atoms with Gasteiger partial charge in [-0.3, -0.25) is 0 Å². The molecule has 0 radical (unpaired) electrons. The van der Waals surface area contributed by atoms with Crippen molar-refractivity contribution >= 4 is 5.97 Å². The van der Waals surface area contributed by atoms with Gasteiger partial charge >= 0.3 is 5.97 Å². The van der Waals surface area contributed by atoms with E-state index in [0.29, 0.717) is 12.4 Å². The number of carbonyl (C=O) groups is 1. The SMILES string of the molecule is CCOC(=O)COc1cc(C)c(Oc2ccc(O)c(C(C)C)c2)c2c1CCC2. The van der Waals surface area contributed by atoms with Crippen LogP contribution in [-0.4, -0.2) is 24.3 Å². The summed E-state index contributed by atoms with van der Waals surface area (Å²) < 4.78 is 17.0. The zero-order chi connectivity index (χ0) is 20.3. The van der Waals surface area contributed by atoms with E-state index >= 15 is 0 Å². The van der Waals surface area contributed by atoms with E-state index < -0.39 is 0 Å². The third-order valence-corrected chi connectivity index (χ3v) is 4.99. The third kappa shape index (κ3) is 4.24. The molecule has 0 saturated carbocycles. The van der Waals surface area contributed by atoms with Crippen LogP contribution in [0.5, 0.6) is 23.0 Å². The summed E-state index contributed by atoms with van der Waals surface area (Å²) in [5, 5.41) is 10.0. The van der Waals surface area contributed by atoms with Gasteiger partial charge < -0.3 is 19.3 Å². The smallest absolute Gasteiger partial charge is 0.344 e. The molecule has 150 valence electrons. The standard InChI is InChI=1S/C23H28O5/c1-5-26-22(25)13-27-21-11-15(4)23(18-8-6-7-17(18)21)28-16-9-10-20(24)19(12-16)14(2)3/h9-12,14,24H,5-8,13H2,1-4H3. The van der Waals surface area contributed by atoms with Gasteiger partial charge in [0.05, 0.1) is 6.61 Å². The largest absolute Gasteiger partial charge is 0.508 e. The van der Waals surface area contributed by atoms with Gasteiger partial charge in [0.2, 0.25) is 0 Å². The number of rotatable bonds is 7. The average molecular weight is 384 g/mol. The molecule has 0 heterocycles. The molecule has 0 bridgehead atoms. The summed E-state index contributed by atoms with van der Waals surface area (Å²) in [6.07, 6.45) is 2.84. The summed E-state index contributed by atoms with van der Waals surface area (Å²) in [5.74, 6) is 2.41. The molecule has 2 aromatic rings. The van der Waals surface area contributed by atoms with E-state index in [0.717, 1.165) is 53.0 Å². The molecule has 0 aliphatic heterocycles. The minimum Gasteiger partial charge on any atom is -0.508 e. The number of aryl methyl sites for hydroxylation is 1. The van der Waals surface area contributed by atoms with Gasteiger partial charge in [0.25, 0.3) is 0 Å². The number of phenolic OH excluding ortho intramolecular Hbond substituents is 1. The molecule has 5 heteroatoms. The van der Waals surface area contributed by atoms with Crippen molar-refractivity contribution in [1.82, 2.24) is 0 Å². The first-order valence-corrected chi connectivity index (χ1v) is 9.85. The maximum atomic E-state index is 11.6. The first kappa shape index (κ1) is 20.1. The van der Waals surface area contributed by atoms with Gasteiger partial charge in [0.1, 0.15) is 23.0 Å². The van der Waals surface area contributed by atoms with E-state index in [1.165, 1.54) is 0 Å². The van der Waals surface area contributed by atoms with Crippen molar-refractivity contribution in [1.29, 1.82) is 0 Å².